The molecule has 2 aromatic rings. The summed E-state index contributed by atoms with van der Waals surface area (Å²) < 4.78 is 9.76. The number of carbonyl (C=O) groups excluding carboxylic acids is 2. The number of hydrogen-bond acceptors (Lipinski definition) is 4. The summed E-state index contributed by atoms with van der Waals surface area (Å²) in [7, 11) is 2.57. The van der Waals surface area contributed by atoms with E-state index < -0.39 is 11.9 Å². The van der Waals surface area contributed by atoms with Gasteiger partial charge in [-0.1, -0.05) is 37.6 Å². The Morgan fingerprint density at radius 3 is 2.08 bits per heavy atom. The zero-order valence-corrected chi connectivity index (χ0v) is 14.9. The summed E-state index contributed by atoms with van der Waals surface area (Å²) >= 11 is 5.93. The van der Waals surface area contributed by atoms with E-state index in [9.17, 15) is 9.59 Å². The van der Waals surface area contributed by atoms with Crippen molar-refractivity contribution in [2.24, 2.45) is 5.92 Å². The number of carbonyl (C=O) groups is 2. The summed E-state index contributed by atoms with van der Waals surface area (Å²) in [6.07, 6.45) is 0.599. The highest BCUT2D eigenvalue weighted by molar-refractivity contribution is 6.30. The predicted molar refractivity (Wildman–Crippen MR) is 92.5 cm³/mol. The molecule has 0 atom stereocenters. The SMILES string of the molecule is COC(=O)c1c(CC(C)C)[nH]c(-c2ccc(Cl)cc2)c1C(=O)OC. The van der Waals surface area contributed by atoms with E-state index in [1.165, 1.54) is 14.2 Å². The molecule has 1 aromatic heterocycles. The molecule has 1 heterocycles. The Balaban J connectivity index is 2.73. The van der Waals surface area contributed by atoms with Gasteiger partial charge in [0.25, 0.3) is 0 Å². The van der Waals surface area contributed by atoms with Gasteiger partial charge in [0.05, 0.1) is 31.0 Å². The third kappa shape index (κ3) is 3.62. The van der Waals surface area contributed by atoms with Crippen molar-refractivity contribution in [3.63, 3.8) is 0 Å². The summed E-state index contributed by atoms with van der Waals surface area (Å²) in [6.45, 7) is 4.06. The second kappa shape index (κ2) is 7.53. The van der Waals surface area contributed by atoms with Gasteiger partial charge in [-0.25, -0.2) is 9.59 Å². The molecule has 2 rings (SSSR count). The summed E-state index contributed by atoms with van der Waals surface area (Å²) in [5.74, 6) is -0.871. The number of hydrogen-bond donors (Lipinski definition) is 1. The fraction of sp³-hybridized carbons (Fsp3) is 0.333. The first-order valence-electron chi connectivity index (χ1n) is 7.56. The molecule has 128 valence electrons. The van der Waals surface area contributed by atoms with E-state index in [1.807, 2.05) is 13.8 Å². The number of aromatic nitrogens is 1. The number of nitrogens with one attached hydrogen (secondary N) is 1. The minimum atomic E-state index is -0.591. The maximum atomic E-state index is 12.3. The lowest BCUT2D eigenvalue weighted by Crippen LogP contribution is -2.12. The maximum absolute atomic E-state index is 12.3. The van der Waals surface area contributed by atoms with Crippen molar-refractivity contribution in [2.75, 3.05) is 14.2 Å². The molecule has 0 aliphatic carbocycles. The number of aromatic amines is 1. The fourth-order valence-electron chi connectivity index (χ4n) is 2.58. The Hall–Kier alpha value is -2.27. The molecular weight excluding hydrogens is 330 g/mol. The lowest BCUT2D eigenvalue weighted by molar-refractivity contribution is 0.0556. The van der Waals surface area contributed by atoms with E-state index in [1.54, 1.807) is 24.3 Å². The first-order chi connectivity index (χ1) is 11.4. The van der Waals surface area contributed by atoms with Crippen LogP contribution in [0, 0.1) is 5.92 Å². The van der Waals surface area contributed by atoms with Crippen LogP contribution in [0.5, 0.6) is 0 Å². The largest absolute Gasteiger partial charge is 0.465 e. The van der Waals surface area contributed by atoms with E-state index in [0.717, 1.165) is 5.56 Å². The molecule has 0 aliphatic heterocycles. The van der Waals surface area contributed by atoms with Gasteiger partial charge in [-0.05, 0) is 30.0 Å². The van der Waals surface area contributed by atoms with Gasteiger partial charge in [0.1, 0.15) is 0 Å². The van der Waals surface area contributed by atoms with Crippen LogP contribution in [0.3, 0.4) is 0 Å². The second-order valence-corrected chi connectivity index (χ2v) is 6.25. The van der Waals surface area contributed by atoms with Crippen LogP contribution < -0.4 is 0 Å². The molecule has 0 bridgehead atoms. The van der Waals surface area contributed by atoms with Crippen LogP contribution in [-0.2, 0) is 15.9 Å². The van der Waals surface area contributed by atoms with Crippen LogP contribution in [0.15, 0.2) is 24.3 Å². The van der Waals surface area contributed by atoms with Crippen molar-refractivity contribution in [2.45, 2.75) is 20.3 Å². The van der Waals surface area contributed by atoms with Crippen LogP contribution in [-0.4, -0.2) is 31.1 Å². The Morgan fingerprint density at radius 1 is 1.04 bits per heavy atom. The summed E-state index contributed by atoms with van der Waals surface area (Å²) in [5, 5.41) is 0.584. The van der Waals surface area contributed by atoms with Gasteiger partial charge >= 0.3 is 11.9 Å². The van der Waals surface area contributed by atoms with Crippen LogP contribution in [0.25, 0.3) is 11.3 Å². The first-order valence-corrected chi connectivity index (χ1v) is 7.94. The van der Waals surface area contributed by atoms with Crippen molar-refractivity contribution in [1.82, 2.24) is 4.98 Å². The molecule has 24 heavy (non-hydrogen) atoms. The molecular formula is C18H20ClNO4. The number of esters is 2. The van der Waals surface area contributed by atoms with E-state index >= 15 is 0 Å². The second-order valence-electron chi connectivity index (χ2n) is 5.82. The van der Waals surface area contributed by atoms with Crippen LogP contribution in [0.4, 0.5) is 0 Å². The monoisotopic (exact) mass is 349 g/mol. The Morgan fingerprint density at radius 2 is 1.58 bits per heavy atom. The fourth-order valence-corrected chi connectivity index (χ4v) is 2.71. The normalized spacial score (nSPS) is 10.8. The summed E-state index contributed by atoms with van der Waals surface area (Å²) in [4.78, 5) is 27.8. The molecule has 0 saturated carbocycles. The van der Waals surface area contributed by atoms with Gasteiger partial charge in [0, 0.05) is 10.7 Å². The highest BCUT2D eigenvalue weighted by Crippen LogP contribution is 2.31. The third-order valence-corrected chi connectivity index (χ3v) is 3.85. The molecule has 5 nitrogen and oxygen atoms in total. The van der Waals surface area contributed by atoms with Gasteiger partial charge < -0.3 is 14.5 Å². The first kappa shape index (κ1) is 18.1. The van der Waals surface area contributed by atoms with E-state index in [2.05, 4.69) is 4.98 Å². The Kier molecular flexibility index (Phi) is 5.67. The molecule has 1 aromatic carbocycles. The molecule has 1 N–H and O–H groups in total. The predicted octanol–water partition coefficient (Wildman–Crippen LogP) is 4.11. The van der Waals surface area contributed by atoms with Crippen molar-refractivity contribution in [3.05, 3.63) is 46.1 Å². The number of benzene rings is 1. The van der Waals surface area contributed by atoms with Gasteiger partial charge in [-0.3, -0.25) is 0 Å². The number of halogens is 1. The molecule has 6 heteroatoms. The summed E-state index contributed by atoms with van der Waals surface area (Å²) in [5.41, 5.74) is 2.32. The molecule has 0 unspecified atom stereocenters. The smallest absolute Gasteiger partial charge is 0.340 e. The van der Waals surface area contributed by atoms with Crippen molar-refractivity contribution >= 4 is 23.5 Å². The zero-order chi connectivity index (χ0) is 17.9. The molecule has 0 saturated heterocycles. The average Bonchev–Trinajstić information content (AvgIpc) is 2.92. The average molecular weight is 350 g/mol. The van der Waals surface area contributed by atoms with Gasteiger partial charge in [0.2, 0.25) is 0 Å². The van der Waals surface area contributed by atoms with Crippen LogP contribution in [0.1, 0.15) is 40.3 Å². The Bertz CT molecular complexity index is 747. The number of H-pyrrole nitrogens is 1. The molecule has 0 aliphatic rings. The molecule has 0 fully saturated rings. The third-order valence-electron chi connectivity index (χ3n) is 3.60. The number of rotatable bonds is 5. The Labute approximate surface area is 145 Å². The van der Waals surface area contributed by atoms with Crippen molar-refractivity contribution in [3.8, 4) is 11.3 Å². The van der Waals surface area contributed by atoms with E-state index in [-0.39, 0.29) is 17.0 Å². The summed E-state index contributed by atoms with van der Waals surface area (Å²) in [6, 6.07) is 7.00. The zero-order valence-electron chi connectivity index (χ0n) is 14.1. The van der Waals surface area contributed by atoms with E-state index in [0.29, 0.717) is 22.8 Å². The molecule has 0 radical (unpaired) electrons. The van der Waals surface area contributed by atoms with Crippen LogP contribution >= 0.6 is 11.6 Å². The molecule has 0 spiro atoms. The molecule has 0 amide bonds. The van der Waals surface area contributed by atoms with Crippen molar-refractivity contribution < 1.29 is 19.1 Å². The minimum absolute atomic E-state index is 0.183. The van der Waals surface area contributed by atoms with Crippen molar-refractivity contribution in [1.29, 1.82) is 0 Å². The topological polar surface area (TPSA) is 68.4 Å². The van der Waals surface area contributed by atoms with E-state index in [4.69, 9.17) is 21.1 Å². The number of methoxy groups -OCH3 is 2. The quantitative estimate of drug-likeness (QED) is 0.825. The highest BCUT2D eigenvalue weighted by atomic mass is 35.5. The standard InChI is InChI=1S/C18H20ClNO4/c1-10(2)9-13-14(17(21)23-3)15(18(22)24-4)16(20-13)11-5-7-12(19)8-6-11/h5-8,10,20H,9H2,1-4H3. The lowest BCUT2D eigenvalue weighted by Gasteiger charge is -2.07. The van der Waals surface area contributed by atoms with Gasteiger partial charge in [0.15, 0.2) is 0 Å². The maximum Gasteiger partial charge on any atom is 0.340 e. The van der Waals surface area contributed by atoms with Crippen LogP contribution in [0.2, 0.25) is 5.02 Å². The highest BCUT2D eigenvalue weighted by Gasteiger charge is 2.29. The van der Waals surface area contributed by atoms with Gasteiger partial charge in [-0.2, -0.15) is 0 Å². The lowest BCUT2D eigenvalue weighted by atomic mass is 10.0. The van der Waals surface area contributed by atoms with Gasteiger partial charge in [-0.15, -0.1) is 0 Å². The number of ether oxygens (including phenoxy) is 2. The minimum Gasteiger partial charge on any atom is -0.465 e.